The normalized spacial score (nSPS) is 10.5. The van der Waals surface area contributed by atoms with Crippen LogP contribution in [0.5, 0.6) is 63.2 Å². The van der Waals surface area contributed by atoms with Gasteiger partial charge in [-0.2, -0.15) is 0 Å². The molecule has 45 heteroatoms. The number of terminal acetylenes is 1. The van der Waals surface area contributed by atoms with E-state index in [2.05, 4.69) is 148 Å². The van der Waals surface area contributed by atoms with E-state index in [9.17, 15) is 20.1 Å². The van der Waals surface area contributed by atoms with Crippen LogP contribution in [0.3, 0.4) is 0 Å². The summed E-state index contributed by atoms with van der Waals surface area (Å²) in [7, 11) is 29.4. The van der Waals surface area contributed by atoms with Crippen LogP contribution in [0.1, 0.15) is 5.56 Å². The molecular weight excluding hydrogens is 2390 g/mol. The van der Waals surface area contributed by atoms with Crippen molar-refractivity contribution in [2.45, 2.75) is 0 Å². The first-order valence-electron chi connectivity index (χ1n) is 42.3. The van der Waals surface area contributed by atoms with Crippen LogP contribution in [-0.2, 0) is 47.1 Å². The molecule has 0 bridgehead atoms. The maximum absolute atomic E-state index is 9.19. The third-order valence-electron chi connectivity index (χ3n) is 18.5. The molecular formula is C97H87B3Br4Cl4K2N20O11Pt. The van der Waals surface area contributed by atoms with Crippen molar-refractivity contribution in [1.29, 1.82) is 0 Å². The molecule has 18 aromatic rings. The van der Waals surface area contributed by atoms with E-state index >= 15 is 0 Å². The number of aromatic nitrogens is 15. The number of nitrogen functional groups attached to an aromatic ring is 1. The Morgan fingerprint density at radius 3 is 1.01 bits per heavy atom. The van der Waals surface area contributed by atoms with Gasteiger partial charge in [0.2, 0.25) is 0 Å². The van der Waals surface area contributed by atoms with Gasteiger partial charge < -0.3 is 64.5 Å². The van der Waals surface area contributed by atoms with Crippen LogP contribution in [0, 0.1) is 12.3 Å². The zero-order chi connectivity index (χ0) is 103. The summed E-state index contributed by atoms with van der Waals surface area (Å²) in [5.74, 6) is 9.25. The molecule has 0 saturated carbocycles. The first-order chi connectivity index (χ1) is 68.2. The average Bonchev–Trinajstić information content (AvgIpc) is 1.64. The molecule has 0 saturated heterocycles. The van der Waals surface area contributed by atoms with Crippen molar-refractivity contribution in [2.24, 2.45) is 40.4 Å². The third kappa shape index (κ3) is 40.7. The fourth-order valence-electron chi connectivity index (χ4n) is 12.2. The van der Waals surface area contributed by atoms with Crippen molar-refractivity contribution in [1.82, 2.24) is 75.0 Å². The molecule has 142 heavy (non-hydrogen) atoms. The fourth-order valence-corrected chi connectivity index (χ4v) is 13.8. The van der Waals surface area contributed by atoms with Crippen molar-refractivity contribution in [3.05, 3.63) is 380 Å². The summed E-state index contributed by atoms with van der Waals surface area (Å²) in [4.78, 5) is 4.49. The van der Waals surface area contributed by atoms with Crippen molar-refractivity contribution in [3.63, 3.8) is 0 Å². The van der Waals surface area contributed by atoms with Gasteiger partial charge in [-0.05, 0) is 205 Å². The molecule has 0 amide bonds. The summed E-state index contributed by atoms with van der Waals surface area (Å²) in [5, 5.41) is 97.3. The zero-order valence-corrected chi connectivity index (χ0v) is 95.2. The van der Waals surface area contributed by atoms with Crippen molar-refractivity contribution >= 4 is 214 Å². The maximum atomic E-state index is 9.19. The number of azide groups is 1. The molecule has 1 aliphatic rings. The Bertz CT molecular complexity index is 6960. The number of anilines is 2. The summed E-state index contributed by atoms with van der Waals surface area (Å²) in [6.07, 6.45) is 14.4. The van der Waals surface area contributed by atoms with E-state index in [4.69, 9.17) is 89.2 Å². The van der Waals surface area contributed by atoms with Gasteiger partial charge in [-0.1, -0.05) is 240 Å². The van der Waals surface area contributed by atoms with Crippen molar-refractivity contribution in [2.75, 3.05) is 24.6 Å². The van der Waals surface area contributed by atoms with E-state index in [1.807, 2.05) is 286 Å². The quantitative estimate of drug-likeness (QED) is 0.00898. The van der Waals surface area contributed by atoms with Crippen LogP contribution in [-0.4, -0.2) is 204 Å². The van der Waals surface area contributed by atoms with E-state index in [0.29, 0.717) is 45.4 Å². The number of hydrogen-bond acceptors (Lipinski definition) is 24. The van der Waals surface area contributed by atoms with E-state index in [0.717, 1.165) is 120 Å². The minimum atomic E-state index is -3.06. The Morgan fingerprint density at radius 2 is 0.711 bits per heavy atom. The molecule has 0 spiro atoms. The summed E-state index contributed by atoms with van der Waals surface area (Å²) >= 11 is 12.8. The van der Waals surface area contributed by atoms with Crippen LogP contribution in [0.2, 0.25) is 0 Å². The monoisotopic (exact) mass is 2470 g/mol. The van der Waals surface area contributed by atoms with Crippen LogP contribution in [0.15, 0.2) is 369 Å². The Labute approximate surface area is 919 Å². The molecule has 0 aliphatic carbocycles. The molecule has 1 aliphatic heterocycles. The van der Waals surface area contributed by atoms with Gasteiger partial charge >= 0.3 is 134 Å². The number of fused-ring (bicyclic) bond motifs is 1. The predicted octanol–water partition coefficient (Wildman–Crippen LogP) is 20.2. The van der Waals surface area contributed by atoms with Gasteiger partial charge in [0.1, 0.15) is 91.7 Å². The van der Waals surface area contributed by atoms with Gasteiger partial charge in [-0.25, -0.2) is 0 Å². The first kappa shape index (κ1) is 115. The second kappa shape index (κ2) is 60.5. The molecule has 6 heterocycles. The van der Waals surface area contributed by atoms with E-state index in [-0.39, 0.29) is 12.8 Å². The van der Waals surface area contributed by atoms with Crippen molar-refractivity contribution in [3.8, 4) is 132 Å². The summed E-state index contributed by atoms with van der Waals surface area (Å²) in [5.41, 5.74) is 25.6. The molecule has 13 aromatic carbocycles. The number of aryl methyl sites for hydroxylation is 5. The van der Waals surface area contributed by atoms with Gasteiger partial charge in [0.25, 0.3) is 0 Å². The fraction of sp³-hybridized carbons (Fsp3) is 0.0722. The van der Waals surface area contributed by atoms with Gasteiger partial charge in [-0.15, -0.1) is 31.9 Å². The third-order valence-corrected chi connectivity index (χ3v) is 20.5. The molecule has 5 aromatic heterocycles. The summed E-state index contributed by atoms with van der Waals surface area (Å²) in [6, 6.07) is 96.9. The van der Waals surface area contributed by atoms with Gasteiger partial charge in [-0.3, -0.25) is 23.4 Å². The molecule has 0 fully saturated rings. The van der Waals surface area contributed by atoms with Gasteiger partial charge in [0.05, 0.1) is 42.4 Å². The number of ether oxygens (including phenoxy) is 4. The van der Waals surface area contributed by atoms with Gasteiger partial charge in [0, 0.05) is 98.5 Å². The molecule has 31 nitrogen and oxygen atoms in total. The van der Waals surface area contributed by atoms with Crippen LogP contribution in [0.4, 0.5) is 11.4 Å². The minimum absolute atomic E-state index is 0.146. The van der Waals surface area contributed by atoms with Crippen LogP contribution in [0.25, 0.3) is 66.7 Å². The number of benzene rings is 13. The number of halogens is 8. The molecule has 0 radical (unpaired) electrons. The van der Waals surface area contributed by atoms with E-state index < -0.39 is 26.1 Å². The van der Waals surface area contributed by atoms with Crippen LogP contribution < -0.4 is 50.5 Å². The standard InChI is InChI=1S/C22H19BN4O2.2C15H14BN3O3.C15H12BrN3O.C9H8BrN3.C8H5Br.C6H5BrO.C6H7NO.CH3N3.4ClH.2K.Pt/c1-26-15-20(24-25-26)16-7-5-9-18(13-16)28-19-10-6-8-17(14-19)23-27(2)21-11-3-4-12-22(21)29-23;2*1-19-10-15(17-18-19)11-4-2-6-13(8-11)22-14-7-3-5-12(9-14)16(20)21;1-19-10-15(17-18-19)11-4-2-6-13(8-11)20-14-7-3-5-12(16)9-14;1-13-6-9(11-12-13)7-3-2-4-8(10)5-7;1-2-7-4-3-5-8(9)6-7;7-5-2-1-3-6(8)4-5;7-5-3-1-2-4-6(5)8;1-3-4-2;;;;;;;/h3-15H,1-2H3;2*2-10,20-21H,1H3;2-10H,1H3;2-6H,1H3;1,3-6H;1-4,8H;1-4,8H,7H2;1H3;4*1H;;;/q;;;;;;;;;;;;;;;+4/p-4. The van der Waals surface area contributed by atoms with Crippen molar-refractivity contribution < 1.29 is 65.8 Å². The van der Waals surface area contributed by atoms with E-state index in [1.165, 1.54) is 70.2 Å². The number of nitrogens with two attached hydrogens (primary N) is 1. The number of aromatic hydroxyl groups is 2. The second-order valence-corrected chi connectivity index (χ2v) is 52.5. The first-order valence-corrected chi connectivity index (χ1v) is 72.7. The molecule has 0 atom stereocenters. The SMILES string of the molecule is C#Cc1cccc(Br)c1.CN1B(c2cccc(Oc3cccc(-c4cn(C)nn4)c3)c2)Oc2ccccc21.CN=[N+]=[N-].Cn1cc(-c2cccc(Br)c2)nn1.Cn1cc(-c2cccc(Oc3cccc(B(O)O)c3)c2)nn1.Cn1cc(-c2cccc(Oc3cccc(B(O)O)c3)c2)nn1.Cn1cc(-c2cccc(Oc3cccc(Br)c3)c2)nn1.Nc1ccccc1O.Oc1cccc(Br)c1.[Cl][Pt]([Cl])([Cl])[Cl].[K][K]. The van der Waals surface area contributed by atoms with E-state index in [1.54, 1.807) is 114 Å². The molecule has 19 rings (SSSR count). The predicted molar refractivity (Wildman–Crippen MR) is 575 cm³/mol. The topological polar surface area (TPSA) is 399 Å². The number of phenols is 2. The zero-order valence-electron chi connectivity index (χ0n) is 77.4. The number of nitrogens with zero attached hydrogens (tertiary/aromatic N) is 19. The number of hydrogen-bond donors (Lipinski definition) is 7. The Hall–Kier alpha value is -10.3. The summed E-state index contributed by atoms with van der Waals surface area (Å²) < 4.78 is 41.9. The van der Waals surface area contributed by atoms with Gasteiger partial charge in [0.15, 0.2) is 0 Å². The molecule has 0 unspecified atom stereocenters. The number of phenolic OH excluding ortho intramolecular Hbond substituents is 2. The number of rotatable bonds is 16. The Balaban J connectivity index is 0.000000184. The Kier molecular flexibility index (Phi) is 49.1. The summed E-state index contributed by atoms with van der Waals surface area (Å²) in [6.45, 7) is 0. The second-order valence-electron chi connectivity index (χ2n) is 29.1. The average molecular weight is 2480 g/mol. The van der Waals surface area contributed by atoms with Crippen LogP contribution >= 0.6 is 101 Å². The number of para-hydroxylation sites is 4. The molecule has 8 N–H and O–H groups in total. The Morgan fingerprint density at radius 1 is 0.408 bits per heavy atom. The molecule has 718 valence electrons.